The second kappa shape index (κ2) is 6.69. The molecule has 0 aliphatic rings. The number of thiazole rings is 1. The first kappa shape index (κ1) is 15.5. The number of aromatic nitrogens is 1. The second-order valence-corrected chi connectivity index (χ2v) is 6.29. The Bertz CT molecular complexity index is 520. The van der Waals surface area contributed by atoms with E-state index in [0.717, 1.165) is 23.1 Å². The summed E-state index contributed by atoms with van der Waals surface area (Å²) in [5.41, 5.74) is 0.493. The fourth-order valence-electron chi connectivity index (χ4n) is 1.82. The predicted octanol–water partition coefficient (Wildman–Crippen LogP) is 3.99. The molecule has 1 N–H and O–H groups in total. The van der Waals surface area contributed by atoms with Gasteiger partial charge in [0.2, 0.25) is 0 Å². The molecule has 2 heterocycles. The van der Waals surface area contributed by atoms with Crippen molar-refractivity contribution >= 4 is 22.7 Å². The highest BCUT2D eigenvalue weighted by Gasteiger charge is 2.33. The van der Waals surface area contributed by atoms with Gasteiger partial charge in [0.05, 0.1) is 5.01 Å². The minimum atomic E-state index is -4.34. The van der Waals surface area contributed by atoms with Crippen LogP contribution >= 0.6 is 22.7 Å². The third-order valence-corrected chi connectivity index (χ3v) is 4.44. The van der Waals surface area contributed by atoms with E-state index < -0.39 is 11.9 Å². The van der Waals surface area contributed by atoms with Crippen LogP contribution in [0.15, 0.2) is 22.2 Å². The molecule has 1 unspecified atom stereocenters. The Morgan fingerprint density at radius 1 is 1.35 bits per heavy atom. The van der Waals surface area contributed by atoms with Gasteiger partial charge < -0.3 is 5.32 Å². The van der Waals surface area contributed by atoms with E-state index in [0.29, 0.717) is 24.0 Å². The van der Waals surface area contributed by atoms with Crippen LogP contribution in [0.4, 0.5) is 13.2 Å². The van der Waals surface area contributed by atoms with Gasteiger partial charge in [0.15, 0.2) is 5.69 Å². The van der Waals surface area contributed by atoms with Gasteiger partial charge in [-0.3, -0.25) is 0 Å². The van der Waals surface area contributed by atoms with Crippen molar-refractivity contribution in [2.45, 2.75) is 32.0 Å². The van der Waals surface area contributed by atoms with Crippen LogP contribution in [-0.4, -0.2) is 17.6 Å². The molecule has 110 valence electrons. The lowest BCUT2D eigenvalue weighted by Crippen LogP contribution is -2.29. The summed E-state index contributed by atoms with van der Waals surface area (Å²) in [5, 5.41) is 9.05. The Morgan fingerprint density at radius 3 is 2.75 bits per heavy atom. The molecule has 20 heavy (non-hydrogen) atoms. The van der Waals surface area contributed by atoms with Crippen LogP contribution in [0.1, 0.15) is 23.2 Å². The van der Waals surface area contributed by atoms with Crippen molar-refractivity contribution in [3.05, 3.63) is 38.5 Å². The van der Waals surface area contributed by atoms with Gasteiger partial charge in [-0.25, -0.2) is 4.98 Å². The maximum atomic E-state index is 12.4. The average molecular weight is 320 g/mol. The molecule has 2 aromatic rings. The Labute approximate surface area is 123 Å². The number of hydrogen-bond donors (Lipinski definition) is 1. The summed E-state index contributed by atoms with van der Waals surface area (Å²) < 4.78 is 37.2. The topological polar surface area (TPSA) is 24.9 Å². The van der Waals surface area contributed by atoms with Crippen molar-refractivity contribution in [3.8, 4) is 0 Å². The number of nitrogens with one attached hydrogen (secondary N) is 1. The molecule has 2 rings (SSSR count). The number of thiophene rings is 1. The highest BCUT2D eigenvalue weighted by atomic mass is 32.1. The summed E-state index contributed by atoms with van der Waals surface area (Å²) in [7, 11) is 0. The molecule has 0 radical (unpaired) electrons. The normalized spacial score (nSPS) is 13.6. The van der Waals surface area contributed by atoms with Crippen LogP contribution in [-0.2, 0) is 19.0 Å². The maximum absolute atomic E-state index is 12.4. The van der Waals surface area contributed by atoms with Crippen molar-refractivity contribution < 1.29 is 13.2 Å². The van der Waals surface area contributed by atoms with Gasteiger partial charge in [-0.05, 0) is 35.7 Å². The predicted molar refractivity (Wildman–Crippen MR) is 76.3 cm³/mol. The van der Waals surface area contributed by atoms with E-state index in [9.17, 15) is 13.2 Å². The molecule has 0 bridgehead atoms. The lowest BCUT2D eigenvalue weighted by molar-refractivity contribution is -0.140. The van der Waals surface area contributed by atoms with E-state index >= 15 is 0 Å². The molecule has 0 fully saturated rings. The second-order valence-electron chi connectivity index (χ2n) is 4.57. The highest BCUT2D eigenvalue weighted by Crippen LogP contribution is 2.29. The van der Waals surface area contributed by atoms with Crippen molar-refractivity contribution in [3.63, 3.8) is 0 Å². The quantitative estimate of drug-likeness (QED) is 0.870. The van der Waals surface area contributed by atoms with Crippen LogP contribution in [0, 0.1) is 0 Å². The molecule has 0 saturated carbocycles. The van der Waals surface area contributed by atoms with Gasteiger partial charge in [0.25, 0.3) is 0 Å². The van der Waals surface area contributed by atoms with Gasteiger partial charge in [0, 0.05) is 24.4 Å². The third-order valence-electron chi connectivity index (χ3n) is 2.80. The standard InChI is InChI=1S/C13H15F3N2S2/c1-9(6-10-3-5-19-7-10)17-4-2-12-18-11(8-20-12)13(14,15)16/h3,5,7-9,17H,2,4,6H2,1H3. The Kier molecular flexibility index (Phi) is 5.17. The van der Waals surface area contributed by atoms with Crippen LogP contribution in [0.25, 0.3) is 0 Å². The monoisotopic (exact) mass is 320 g/mol. The number of alkyl halides is 3. The molecule has 0 amide bonds. The largest absolute Gasteiger partial charge is 0.434 e. The number of nitrogens with zero attached hydrogens (tertiary/aromatic N) is 1. The van der Waals surface area contributed by atoms with E-state index in [-0.39, 0.29) is 0 Å². The molecule has 0 saturated heterocycles. The molecular formula is C13H15F3N2S2. The maximum Gasteiger partial charge on any atom is 0.434 e. The van der Waals surface area contributed by atoms with Crippen molar-refractivity contribution in [2.24, 2.45) is 0 Å². The molecule has 2 aromatic heterocycles. The van der Waals surface area contributed by atoms with Crippen molar-refractivity contribution in [1.82, 2.24) is 10.3 Å². The molecule has 0 aliphatic heterocycles. The summed E-state index contributed by atoms with van der Waals surface area (Å²) in [6.07, 6.45) is -2.89. The first-order valence-corrected chi connectivity index (χ1v) is 8.03. The summed E-state index contributed by atoms with van der Waals surface area (Å²) in [6, 6.07) is 2.38. The highest BCUT2D eigenvalue weighted by molar-refractivity contribution is 7.09. The minimum Gasteiger partial charge on any atom is -0.314 e. The summed E-state index contributed by atoms with van der Waals surface area (Å²) in [4.78, 5) is 3.61. The Morgan fingerprint density at radius 2 is 2.15 bits per heavy atom. The molecule has 7 heteroatoms. The third kappa shape index (κ3) is 4.57. The number of halogens is 3. The summed E-state index contributed by atoms with van der Waals surface area (Å²) in [6.45, 7) is 2.71. The van der Waals surface area contributed by atoms with Crippen molar-refractivity contribution in [1.29, 1.82) is 0 Å². The van der Waals surface area contributed by atoms with E-state index in [4.69, 9.17) is 0 Å². The van der Waals surface area contributed by atoms with Gasteiger partial charge in [-0.2, -0.15) is 24.5 Å². The van der Waals surface area contributed by atoms with Crippen LogP contribution in [0.3, 0.4) is 0 Å². The van der Waals surface area contributed by atoms with Gasteiger partial charge in [0.1, 0.15) is 0 Å². The van der Waals surface area contributed by atoms with Crippen molar-refractivity contribution in [2.75, 3.05) is 6.54 Å². The SMILES string of the molecule is CC(Cc1ccsc1)NCCc1nc(C(F)(F)F)cs1. The lowest BCUT2D eigenvalue weighted by Gasteiger charge is -2.12. The van der Waals surface area contributed by atoms with Gasteiger partial charge in [-0.15, -0.1) is 11.3 Å². The first-order valence-electron chi connectivity index (χ1n) is 6.21. The van der Waals surface area contributed by atoms with E-state index in [1.54, 1.807) is 11.3 Å². The fraction of sp³-hybridized carbons (Fsp3) is 0.462. The molecule has 0 aliphatic carbocycles. The van der Waals surface area contributed by atoms with Gasteiger partial charge >= 0.3 is 6.18 Å². The fourth-order valence-corrected chi connectivity index (χ4v) is 3.30. The first-order chi connectivity index (χ1) is 9.45. The summed E-state index contributed by atoms with van der Waals surface area (Å²) in [5.74, 6) is 0. The summed E-state index contributed by atoms with van der Waals surface area (Å²) >= 11 is 2.73. The molecular weight excluding hydrogens is 305 g/mol. The average Bonchev–Trinajstić information content (AvgIpc) is 2.98. The molecule has 2 nitrogen and oxygen atoms in total. The Hall–Kier alpha value is -0.920. The van der Waals surface area contributed by atoms with E-state index in [1.165, 1.54) is 5.56 Å². The number of rotatable bonds is 6. The molecule has 1 atom stereocenters. The minimum absolute atomic E-state index is 0.298. The lowest BCUT2D eigenvalue weighted by atomic mass is 10.1. The van der Waals surface area contributed by atoms with E-state index in [1.807, 2.05) is 5.38 Å². The van der Waals surface area contributed by atoms with E-state index in [2.05, 4.69) is 28.7 Å². The van der Waals surface area contributed by atoms with Crippen LogP contribution < -0.4 is 5.32 Å². The zero-order valence-electron chi connectivity index (χ0n) is 10.9. The van der Waals surface area contributed by atoms with Crippen LogP contribution in [0.5, 0.6) is 0 Å². The van der Waals surface area contributed by atoms with Gasteiger partial charge in [-0.1, -0.05) is 0 Å². The smallest absolute Gasteiger partial charge is 0.314 e. The van der Waals surface area contributed by atoms with Crippen LogP contribution in [0.2, 0.25) is 0 Å². The Balaban J connectivity index is 1.74. The molecule has 0 spiro atoms. The zero-order chi connectivity index (χ0) is 14.6. The molecule has 0 aromatic carbocycles. The number of hydrogen-bond acceptors (Lipinski definition) is 4. The zero-order valence-corrected chi connectivity index (χ0v) is 12.5.